The highest BCUT2D eigenvalue weighted by Gasteiger charge is 2.14. The van der Waals surface area contributed by atoms with E-state index in [1.165, 1.54) is 30.5 Å². The van der Waals surface area contributed by atoms with Gasteiger partial charge in [-0.15, -0.1) is 0 Å². The maximum Gasteiger partial charge on any atom is 0.275 e. The highest BCUT2D eigenvalue weighted by Crippen LogP contribution is 2.17. The molecule has 0 saturated carbocycles. The Morgan fingerprint density at radius 3 is 2.54 bits per heavy atom. The summed E-state index contributed by atoms with van der Waals surface area (Å²) < 4.78 is 14.7. The Morgan fingerprint density at radius 1 is 1.09 bits per heavy atom. The van der Waals surface area contributed by atoms with Crippen molar-refractivity contribution >= 4 is 23.3 Å². The third kappa shape index (κ3) is 6.09. The molecular weight excluding hydrogens is 451 g/mol. The first-order chi connectivity index (χ1) is 16.9. The molecule has 2 aromatic heterocycles. The summed E-state index contributed by atoms with van der Waals surface area (Å²) in [5.74, 6) is -0.541. The van der Waals surface area contributed by atoms with Crippen molar-refractivity contribution in [3.63, 3.8) is 0 Å². The van der Waals surface area contributed by atoms with E-state index >= 15 is 0 Å². The number of H-pyrrole nitrogens is 1. The minimum Gasteiger partial charge on any atom is -0.370 e. The zero-order valence-electron chi connectivity index (χ0n) is 18.8. The van der Waals surface area contributed by atoms with E-state index in [1.54, 1.807) is 10.6 Å². The lowest BCUT2D eigenvalue weighted by Gasteiger charge is -2.06. The molecule has 10 nitrogen and oxygen atoms in total. The number of guanidine groups is 1. The molecule has 4 aromatic rings. The van der Waals surface area contributed by atoms with Gasteiger partial charge in [0.2, 0.25) is 5.78 Å². The van der Waals surface area contributed by atoms with Crippen LogP contribution in [0.25, 0.3) is 16.9 Å². The van der Waals surface area contributed by atoms with Crippen LogP contribution in [-0.2, 0) is 6.54 Å². The van der Waals surface area contributed by atoms with E-state index < -0.39 is 11.7 Å². The fourth-order valence-electron chi connectivity index (χ4n) is 3.44. The maximum atomic E-state index is 13.1. The molecule has 0 aliphatic carbocycles. The number of hydrogen-bond donors (Lipinski definition) is 5. The molecule has 2 aromatic carbocycles. The van der Waals surface area contributed by atoms with Crippen molar-refractivity contribution in [2.24, 2.45) is 16.5 Å². The number of nitrogens with two attached hydrogens (primary N) is 2. The van der Waals surface area contributed by atoms with E-state index in [1.807, 2.05) is 24.3 Å². The molecule has 0 atom stereocenters. The van der Waals surface area contributed by atoms with Gasteiger partial charge in [0.25, 0.3) is 11.5 Å². The van der Waals surface area contributed by atoms with Crippen molar-refractivity contribution in [2.75, 3.05) is 18.4 Å². The average molecular weight is 477 g/mol. The van der Waals surface area contributed by atoms with E-state index in [0.29, 0.717) is 24.3 Å². The fraction of sp³-hybridized carbons (Fsp3) is 0.167. The molecule has 0 spiro atoms. The lowest BCUT2D eigenvalue weighted by atomic mass is 10.1. The highest BCUT2D eigenvalue weighted by atomic mass is 19.1. The van der Waals surface area contributed by atoms with Crippen molar-refractivity contribution in [3.8, 4) is 11.1 Å². The molecule has 11 heteroatoms. The normalized spacial score (nSPS) is 10.9. The number of halogens is 1. The number of nitrogens with one attached hydrogen (secondary N) is 3. The number of hydrogen-bond acceptors (Lipinski definition) is 5. The number of benzene rings is 2. The molecule has 0 fully saturated rings. The van der Waals surface area contributed by atoms with Gasteiger partial charge in [-0.2, -0.15) is 0 Å². The van der Waals surface area contributed by atoms with Gasteiger partial charge in [-0.25, -0.2) is 9.37 Å². The standard InChI is InChI=1S/C24H25FN8O2/c25-17-6-8-18(9-7-17)30-22(35)20-14-33-13-19(21(34)32-24(33)31-20)16-4-2-15(3-5-16)12-28-10-1-11-29-23(26)27/h2-9,13-14,28H,1,10-12H2,(H,30,35)(H4,26,27,29)(H,31,32,34). The Labute approximate surface area is 199 Å². The Kier molecular flexibility index (Phi) is 7.17. The number of rotatable bonds is 9. The van der Waals surface area contributed by atoms with Crippen LogP contribution in [0.1, 0.15) is 22.5 Å². The lowest BCUT2D eigenvalue weighted by Crippen LogP contribution is -2.23. The van der Waals surface area contributed by atoms with Crippen molar-refractivity contribution in [3.05, 3.63) is 88.4 Å². The molecule has 0 unspecified atom stereocenters. The van der Waals surface area contributed by atoms with Crippen molar-refractivity contribution in [2.45, 2.75) is 13.0 Å². The van der Waals surface area contributed by atoms with Gasteiger partial charge in [0.15, 0.2) is 5.96 Å². The third-order valence-electron chi connectivity index (χ3n) is 5.21. The van der Waals surface area contributed by atoms with Crippen LogP contribution in [0.2, 0.25) is 0 Å². The van der Waals surface area contributed by atoms with Crippen LogP contribution in [0, 0.1) is 5.82 Å². The predicted molar refractivity (Wildman–Crippen MR) is 133 cm³/mol. The molecule has 4 rings (SSSR count). The van der Waals surface area contributed by atoms with E-state index in [4.69, 9.17) is 11.5 Å². The predicted octanol–water partition coefficient (Wildman–Crippen LogP) is 1.83. The summed E-state index contributed by atoms with van der Waals surface area (Å²) in [5.41, 5.74) is 13.1. The quantitative estimate of drug-likeness (QED) is 0.141. The van der Waals surface area contributed by atoms with Gasteiger partial charge in [0, 0.05) is 31.2 Å². The molecule has 180 valence electrons. The van der Waals surface area contributed by atoms with Crippen LogP contribution in [0.5, 0.6) is 0 Å². The van der Waals surface area contributed by atoms with Crippen LogP contribution in [-0.4, -0.2) is 39.3 Å². The first kappa shape index (κ1) is 23.6. The minimum atomic E-state index is -0.474. The van der Waals surface area contributed by atoms with E-state index in [-0.39, 0.29) is 23.0 Å². The molecule has 0 bridgehead atoms. The van der Waals surface area contributed by atoms with Crippen LogP contribution >= 0.6 is 0 Å². The molecule has 2 heterocycles. The zero-order chi connectivity index (χ0) is 24.8. The maximum absolute atomic E-state index is 13.1. The van der Waals surface area contributed by atoms with E-state index in [0.717, 1.165) is 24.1 Å². The van der Waals surface area contributed by atoms with Gasteiger partial charge in [-0.1, -0.05) is 24.3 Å². The number of anilines is 1. The van der Waals surface area contributed by atoms with Crippen molar-refractivity contribution in [1.82, 2.24) is 19.7 Å². The van der Waals surface area contributed by atoms with Crippen LogP contribution in [0.15, 0.2) is 70.7 Å². The molecule has 35 heavy (non-hydrogen) atoms. The van der Waals surface area contributed by atoms with E-state index in [2.05, 4.69) is 25.6 Å². The lowest BCUT2D eigenvalue weighted by molar-refractivity contribution is 0.102. The SMILES string of the molecule is NC(N)=NCCCNCc1ccc(-c2cn3cc(C(=O)Nc4ccc(F)cc4)nc3[nH]c2=O)cc1. The first-order valence-electron chi connectivity index (χ1n) is 10.9. The molecule has 7 N–H and O–H groups in total. The molecule has 0 saturated heterocycles. The summed E-state index contributed by atoms with van der Waals surface area (Å²) in [6.07, 6.45) is 3.97. The van der Waals surface area contributed by atoms with E-state index in [9.17, 15) is 14.0 Å². The van der Waals surface area contributed by atoms with Gasteiger partial charge < -0.3 is 22.1 Å². The summed E-state index contributed by atoms with van der Waals surface area (Å²) in [7, 11) is 0. The second kappa shape index (κ2) is 10.6. The number of fused-ring (bicyclic) bond motifs is 1. The Bertz CT molecular complexity index is 1400. The molecule has 1 amide bonds. The number of amides is 1. The summed E-state index contributed by atoms with van der Waals surface area (Å²) in [5, 5.41) is 5.97. The number of imidazole rings is 1. The smallest absolute Gasteiger partial charge is 0.275 e. The largest absolute Gasteiger partial charge is 0.370 e. The summed E-state index contributed by atoms with van der Waals surface area (Å²) in [4.78, 5) is 36.0. The summed E-state index contributed by atoms with van der Waals surface area (Å²) in [6.45, 7) is 2.02. The molecular formula is C24H25FN8O2. The summed E-state index contributed by atoms with van der Waals surface area (Å²) >= 11 is 0. The number of carbonyl (C=O) groups excluding carboxylic acids is 1. The second-order valence-electron chi connectivity index (χ2n) is 7.85. The number of aromatic amines is 1. The molecule has 0 aliphatic heterocycles. The van der Waals surface area contributed by atoms with Crippen molar-refractivity contribution in [1.29, 1.82) is 0 Å². The Hall–Kier alpha value is -4.51. The van der Waals surface area contributed by atoms with Crippen LogP contribution in [0.4, 0.5) is 10.1 Å². The number of nitrogens with zero attached hydrogens (tertiary/aromatic N) is 3. The van der Waals surface area contributed by atoms with Gasteiger partial charge in [-0.05, 0) is 48.4 Å². The molecule has 0 radical (unpaired) electrons. The second-order valence-corrected chi connectivity index (χ2v) is 7.85. The monoisotopic (exact) mass is 476 g/mol. The van der Waals surface area contributed by atoms with Gasteiger partial charge >= 0.3 is 0 Å². The fourth-order valence-corrected chi connectivity index (χ4v) is 3.44. The topological polar surface area (TPSA) is 156 Å². The number of aliphatic imine (C=N–C) groups is 1. The van der Waals surface area contributed by atoms with Gasteiger partial charge in [-0.3, -0.25) is 24.0 Å². The Balaban J connectivity index is 1.43. The van der Waals surface area contributed by atoms with Crippen molar-refractivity contribution < 1.29 is 9.18 Å². The third-order valence-corrected chi connectivity index (χ3v) is 5.21. The minimum absolute atomic E-state index is 0.0916. The average Bonchev–Trinajstić information content (AvgIpc) is 3.25. The van der Waals surface area contributed by atoms with Crippen LogP contribution < -0.4 is 27.7 Å². The first-order valence-corrected chi connectivity index (χ1v) is 10.9. The van der Waals surface area contributed by atoms with Gasteiger partial charge in [0.1, 0.15) is 11.5 Å². The zero-order valence-corrected chi connectivity index (χ0v) is 18.8. The number of carbonyl (C=O) groups is 1. The highest BCUT2D eigenvalue weighted by molar-refractivity contribution is 6.03. The number of aromatic nitrogens is 3. The molecule has 0 aliphatic rings. The van der Waals surface area contributed by atoms with Gasteiger partial charge in [0.05, 0.1) is 5.56 Å². The Morgan fingerprint density at radius 2 is 1.83 bits per heavy atom. The summed E-state index contributed by atoms with van der Waals surface area (Å²) in [6, 6.07) is 13.0. The van der Waals surface area contributed by atoms with Crippen LogP contribution in [0.3, 0.4) is 0 Å².